The number of benzene rings is 1. The zero-order valence-electron chi connectivity index (χ0n) is 5.44. The first-order chi connectivity index (χ1) is 5.36. The van der Waals surface area contributed by atoms with Gasteiger partial charge in [0.15, 0.2) is 0 Å². The lowest BCUT2D eigenvalue weighted by Gasteiger charge is -2.05. The number of nitrogens with zero attached hydrogens (tertiary/aromatic N) is 4. The maximum atomic E-state index is 5.62. The predicted octanol–water partition coefficient (Wildman–Crippen LogP) is 0.0308. The van der Waals surface area contributed by atoms with Gasteiger partial charge < -0.3 is 5.73 Å². The van der Waals surface area contributed by atoms with Crippen molar-refractivity contribution in [2.75, 3.05) is 5.73 Å². The smallest absolute Gasteiger partial charge is 0.145 e. The molecule has 0 spiro atoms. The highest BCUT2D eigenvalue weighted by atomic mass is 15.2. The van der Waals surface area contributed by atoms with E-state index in [1.165, 1.54) is 0 Å². The highest BCUT2D eigenvalue weighted by Crippen LogP contribution is 2.26. The van der Waals surface area contributed by atoms with Crippen LogP contribution in [0.15, 0.2) is 6.07 Å². The van der Waals surface area contributed by atoms with E-state index in [1.807, 2.05) is 0 Å². The van der Waals surface area contributed by atoms with Crippen molar-refractivity contribution < 1.29 is 0 Å². The van der Waals surface area contributed by atoms with Gasteiger partial charge in [0.2, 0.25) is 0 Å². The predicted molar refractivity (Wildman–Crippen MR) is 39.4 cm³/mol. The van der Waals surface area contributed by atoms with Crippen molar-refractivity contribution in [2.24, 2.45) is 0 Å². The Kier molecular flexibility index (Phi) is 0.581. The first kappa shape index (κ1) is 4.95. The van der Waals surface area contributed by atoms with E-state index in [0.717, 1.165) is 22.1 Å². The van der Waals surface area contributed by atoms with E-state index in [0.29, 0.717) is 5.69 Å². The molecule has 2 aromatic heterocycles. The van der Waals surface area contributed by atoms with E-state index in [1.54, 1.807) is 6.07 Å². The summed E-state index contributed by atoms with van der Waals surface area (Å²) in [4.78, 5) is 0. The summed E-state index contributed by atoms with van der Waals surface area (Å²) in [5, 5.41) is 15.1. The van der Waals surface area contributed by atoms with Gasteiger partial charge in [0.1, 0.15) is 22.1 Å². The van der Waals surface area contributed by atoms with E-state index in [2.05, 4.69) is 20.4 Å². The van der Waals surface area contributed by atoms with Crippen LogP contribution in [0, 0.1) is 0 Å². The molecule has 11 heavy (non-hydrogen) atoms. The van der Waals surface area contributed by atoms with Crippen LogP contribution in [0.5, 0.6) is 0 Å². The topological polar surface area (TPSA) is 77.6 Å². The number of fused-ring (bicyclic) bond motifs is 3. The fourth-order valence-electron chi connectivity index (χ4n) is 1.14. The van der Waals surface area contributed by atoms with Gasteiger partial charge in [-0.15, -0.1) is 20.4 Å². The lowest BCUT2D eigenvalue weighted by atomic mass is 10.2. The molecule has 0 amide bonds. The summed E-state index contributed by atoms with van der Waals surface area (Å²) in [7, 11) is 0. The number of hydrogen-bond acceptors (Lipinski definition) is 5. The summed E-state index contributed by atoms with van der Waals surface area (Å²) in [5.41, 5.74) is 9.43. The van der Waals surface area contributed by atoms with E-state index in [9.17, 15) is 0 Å². The summed E-state index contributed by atoms with van der Waals surface area (Å²) in [6.07, 6.45) is 0. The van der Waals surface area contributed by atoms with Gasteiger partial charge >= 0.3 is 0 Å². The summed E-state index contributed by atoms with van der Waals surface area (Å²) in [5.74, 6) is 0. The van der Waals surface area contributed by atoms with Crippen LogP contribution in [-0.4, -0.2) is 20.4 Å². The molecule has 0 atom stereocenters. The van der Waals surface area contributed by atoms with Crippen molar-refractivity contribution in [3.63, 3.8) is 0 Å². The Balaban J connectivity index is 2.63. The van der Waals surface area contributed by atoms with Gasteiger partial charge in [0.05, 0.1) is 5.69 Å². The maximum absolute atomic E-state index is 5.62. The van der Waals surface area contributed by atoms with Crippen LogP contribution < -0.4 is 5.73 Å². The average Bonchev–Trinajstić information content (AvgIpc) is 1.88. The van der Waals surface area contributed by atoms with Gasteiger partial charge in [-0.05, 0) is 6.07 Å². The van der Waals surface area contributed by atoms with Crippen LogP contribution >= 0.6 is 0 Å². The minimum absolute atomic E-state index is 0.632. The zero-order chi connectivity index (χ0) is 7.42. The van der Waals surface area contributed by atoms with Crippen molar-refractivity contribution in [1.82, 2.24) is 20.4 Å². The molecule has 0 aliphatic heterocycles. The second kappa shape index (κ2) is 1.29. The third-order valence-electron chi connectivity index (χ3n) is 1.76. The Labute approximate surface area is 60.9 Å². The molecule has 0 saturated carbocycles. The molecule has 5 nitrogen and oxygen atoms in total. The Morgan fingerprint density at radius 3 is 2.18 bits per heavy atom. The molecule has 3 rings (SSSR count). The number of aromatic nitrogens is 4. The largest absolute Gasteiger partial charge is 0.397 e. The van der Waals surface area contributed by atoms with Gasteiger partial charge in [0, 0.05) is 0 Å². The molecule has 2 N–H and O–H groups in total. The third kappa shape index (κ3) is 0.399. The van der Waals surface area contributed by atoms with E-state index in [-0.39, 0.29) is 0 Å². The lowest BCUT2D eigenvalue weighted by molar-refractivity contribution is 1.03. The summed E-state index contributed by atoms with van der Waals surface area (Å²) < 4.78 is 0. The van der Waals surface area contributed by atoms with Gasteiger partial charge in [-0.25, -0.2) is 0 Å². The Bertz CT molecular complexity index is 504. The monoisotopic (exact) mass is 145 g/mol. The first-order valence-corrected chi connectivity index (χ1v) is 3.16. The van der Waals surface area contributed by atoms with Gasteiger partial charge in [0.25, 0.3) is 0 Å². The molecule has 0 unspecified atom stereocenters. The molecule has 2 heterocycles. The standard InChI is InChI=1S/C6H3N5/c7-2-1-3-5(10-8-3)6-4(2)9-11-6/h1H,7H2. The molecule has 0 aliphatic rings. The minimum atomic E-state index is 0.632. The summed E-state index contributed by atoms with van der Waals surface area (Å²) >= 11 is 0. The van der Waals surface area contributed by atoms with Gasteiger partial charge in [-0.1, -0.05) is 0 Å². The molecule has 3 aromatic rings. The fourth-order valence-corrected chi connectivity index (χ4v) is 1.14. The molecule has 0 bridgehead atoms. The molecule has 52 valence electrons. The molecule has 0 aliphatic carbocycles. The van der Waals surface area contributed by atoms with Crippen LogP contribution in [-0.2, 0) is 0 Å². The normalized spacial score (nSPS) is 12.0. The Hall–Kier alpha value is -1.78. The Morgan fingerprint density at radius 2 is 1.64 bits per heavy atom. The highest BCUT2D eigenvalue weighted by molar-refractivity contribution is 6.07. The van der Waals surface area contributed by atoms with Crippen LogP contribution in [0.3, 0.4) is 0 Å². The van der Waals surface area contributed by atoms with Crippen LogP contribution in [0.2, 0.25) is 0 Å². The van der Waals surface area contributed by atoms with E-state index in [4.69, 9.17) is 5.73 Å². The van der Waals surface area contributed by atoms with Crippen molar-refractivity contribution in [3.05, 3.63) is 6.07 Å². The average molecular weight is 145 g/mol. The van der Waals surface area contributed by atoms with Crippen molar-refractivity contribution >= 4 is 27.8 Å². The number of hydrogen-bond donors (Lipinski definition) is 1. The number of anilines is 1. The van der Waals surface area contributed by atoms with Crippen LogP contribution in [0.4, 0.5) is 5.69 Å². The zero-order valence-corrected chi connectivity index (χ0v) is 5.44. The highest BCUT2D eigenvalue weighted by Gasteiger charge is 2.14. The van der Waals surface area contributed by atoms with Crippen LogP contribution in [0.1, 0.15) is 0 Å². The summed E-state index contributed by atoms with van der Waals surface area (Å²) in [6, 6.07) is 1.76. The second-order valence-electron chi connectivity index (χ2n) is 2.43. The number of rotatable bonds is 0. The van der Waals surface area contributed by atoms with Crippen molar-refractivity contribution in [1.29, 1.82) is 0 Å². The van der Waals surface area contributed by atoms with Crippen molar-refractivity contribution in [3.8, 4) is 0 Å². The Morgan fingerprint density at radius 1 is 0.909 bits per heavy atom. The maximum Gasteiger partial charge on any atom is 0.145 e. The van der Waals surface area contributed by atoms with E-state index < -0.39 is 0 Å². The number of nitrogen functional groups attached to an aromatic ring is 1. The second-order valence-corrected chi connectivity index (χ2v) is 2.43. The molecule has 0 radical (unpaired) electrons. The fraction of sp³-hybridized carbons (Fsp3) is 0. The molecular formula is C6H3N5. The van der Waals surface area contributed by atoms with Gasteiger partial charge in [-0.2, -0.15) is 0 Å². The first-order valence-electron chi connectivity index (χ1n) is 3.16. The minimum Gasteiger partial charge on any atom is -0.397 e. The third-order valence-corrected chi connectivity index (χ3v) is 1.76. The molecule has 0 fully saturated rings. The quantitative estimate of drug-likeness (QED) is 0.451. The molecule has 0 saturated heterocycles. The lowest BCUT2D eigenvalue weighted by Crippen LogP contribution is -2.03. The SMILES string of the molecule is Nc1cc2nnc2c2nnc12. The number of nitrogens with two attached hydrogens (primary N) is 1. The molecule has 5 heteroatoms. The summed E-state index contributed by atoms with van der Waals surface area (Å²) in [6.45, 7) is 0. The molecular weight excluding hydrogens is 142 g/mol. The van der Waals surface area contributed by atoms with Crippen LogP contribution in [0.25, 0.3) is 22.1 Å². The molecule has 1 aromatic carbocycles. The van der Waals surface area contributed by atoms with Crippen molar-refractivity contribution in [2.45, 2.75) is 0 Å². The van der Waals surface area contributed by atoms with Gasteiger partial charge in [-0.3, -0.25) is 0 Å². The van der Waals surface area contributed by atoms with E-state index >= 15 is 0 Å².